The van der Waals surface area contributed by atoms with Gasteiger partial charge in [-0.2, -0.15) is 10.3 Å². The Bertz CT molecular complexity index is 1110. The Hall–Kier alpha value is -3.40. The topological polar surface area (TPSA) is 105 Å². The number of nitrogens with one attached hydrogen (secondary N) is 2. The summed E-state index contributed by atoms with van der Waals surface area (Å²) in [5.41, 5.74) is 2.60. The number of fused-ring (bicyclic) bond motifs is 1. The van der Waals surface area contributed by atoms with Crippen LogP contribution in [-0.2, 0) is 13.5 Å². The van der Waals surface area contributed by atoms with Crippen LogP contribution in [0.15, 0.2) is 30.6 Å². The van der Waals surface area contributed by atoms with Gasteiger partial charge < -0.3 is 19.5 Å². The van der Waals surface area contributed by atoms with Crippen LogP contribution >= 0.6 is 11.6 Å². The third-order valence-electron chi connectivity index (χ3n) is 5.08. The molecule has 0 saturated heterocycles. The third kappa shape index (κ3) is 3.61. The molecule has 0 radical (unpaired) electrons. The maximum atomic E-state index is 13.4. The molecule has 0 saturated carbocycles. The van der Waals surface area contributed by atoms with Crippen LogP contribution in [0, 0.1) is 5.82 Å². The Balaban J connectivity index is 1.53. The summed E-state index contributed by atoms with van der Waals surface area (Å²) in [6.07, 6.45) is 3.84. The molecule has 1 unspecified atom stereocenters. The molecule has 1 aromatic carbocycles. The summed E-state index contributed by atoms with van der Waals surface area (Å²) in [4.78, 5) is 26.8. The van der Waals surface area contributed by atoms with E-state index in [1.807, 2.05) is 6.20 Å². The number of aromatic nitrogens is 4. The van der Waals surface area contributed by atoms with E-state index in [2.05, 4.69) is 20.7 Å². The number of aryl methyl sites for hydroxylation is 1. The number of hydrogen-bond donors (Lipinski definition) is 2. The molecule has 1 aliphatic carbocycles. The van der Waals surface area contributed by atoms with Gasteiger partial charge in [0.15, 0.2) is 0 Å². The van der Waals surface area contributed by atoms with Gasteiger partial charge in [0, 0.05) is 26.0 Å². The number of nitrogens with zero attached hydrogens (tertiary/aromatic N) is 4. The fraction of sp³-hybridized carbons (Fsp3) is 0.263. The van der Waals surface area contributed by atoms with Gasteiger partial charge in [0.1, 0.15) is 17.7 Å². The van der Waals surface area contributed by atoms with Gasteiger partial charge in [0.2, 0.25) is 0 Å². The number of hydrogen-bond acceptors (Lipinski definition) is 5. The Morgan fingerprint density at radius 1 is 1.43 bits per heavy atom. The number of amides is 2. The van der Waals surface area contributed by atoms with Crippen LogP contribution in [-0.4, -0.2) is 43.9 Å². The summed E-state index contributed by atoms with van der Waals surface area (Å²) in [5, 5.41) is 12.4. The van der Waals surface area contributed by atoms with Gasteiger partial charge in [-0.1, -0.05) is 11.6 Å². The first kappa shape index (κ1) is 19.9. The highest BCUT2D eigenvalue weighted by atomic mass is 35.5. The Morgan fingerprint density at radius 3 is 2.93 bits per heavy atom. The fourth-order valence-electron chi connectivity index (χ4n) is 3.68. The molecule has 0 fully saturated rings. The summed E-state index contributed by atoms with van der Waals surface area (Å²) in [5.74, 6) is -0.816. The lowest BCUT2D eigenvalue weighted by atomic mass is 10.1. The number of H-pyrrole nitrogens is 1. The van der Waals surface area contributed by atoms with Crippen LogP contribution in [0.4, 0.5) is 14.9 Å². The molecule has 9 nitrogen and oxygen atoms in total. The second-order valence-electron chi connectivity index (χ2n) is 6.95. The van der Waals surface area contributed by atoms with Crippen LogP contribution in [0.1, 0.15) is 34.1 Å². The van der Waals surface area contributed by atoms with Crippen molar-refractivity contribution in [2.75, 3.05) is 12.4 Å². The van der Waals surface area contributed by atoms with E-state index in [9.17, 15) is 14.0 Å². The predicted octanol–water partition coefficient (Wildman–Crippen LogP) is 3.31. The largest absolute Gasteiger partial charge is 0.416 e. The predicted molar refractivity (Wildman–Crippen MR) is 106 cm³/mol. The molecular formula is C19H18ClFN6O3. The van der Waals surface area contributed by atoms with Crippen molar-refractivity contribution in [2.24, 2.45) is 7.05 Å². The molecule has 30 heavy (non-hydrogen) atoms. The van der Waals surface area contributed by atoms with Crippen molar-refractivity contribution < 1.29 is 18.7 Å². The number of anilines is 1. The molecule has 2 heterocycles. The van der Waals surface area contributed by atoms with E-state index >= 15 is 0 Å². The summed E-state index contributed by atoms with van der Waals surface area (Å²) >= 11 is 5.79. The van der Waals surface area contributed by atoms with Gasteiger partial charge in [-0.3, -0.25) is 4.79 Å². The number of aromatic amines is 1. The van der Waals surface area contributed by atoms with Gasteiger partial charge in [0.25, 0.3) is 11.8 Å². The molecule has 2 N–H and O–H groups in total. The van der Waals surface area contributed by atoms with Crippen molar-refractivity contribution in [1.82, 2.24) is 24.9 Å². The number of carbonyl (C=O) groups excluding carboxylic acids is 2. The zero-order valence-corrected chi connectivity index (χ0v) is 16.9. The van der Waals surface area contributed by atoms with Crippen molar-refractivity contribution >= 4 is 29.3 Å². The molecule has 1 aliphatic rings. The highest BCUT2D eigenvalue weighted by Gasteiger charge is 2.35. The third-order valence-corrected chi connectivity index (χ3v) is 5.37. The molecule has 3 aromatic rings. The summed E-state index contributed by atoms with van der Waals surface area (Å²) in [6.45, 7) is 0. The second kappa shape index (κ2) is 7.79. The molecule has 1 atom stereocenters. The molecule has 0 bridgehead atoms. The van der Waals surface area contributed by atoms with Gasteiger partial charge in [0.05, 0.1) is 11.1 Å². The van der Waals surface area contributed by atoms with Crippen LogP contribution < -0.4 is 10.1 Å². The smallest absolute Gasteiger partial charge is 0.388 e. The van der Waals surface area contributed by atoms with E-state index in [0.717, 1.165) is 11.1 Å². The summed E-state index contributed by atoms with van der Waals surface area (Å²) in [6, 6.07) is 3.75. The van der Waals surface area contributed by atoms with E-state index in [1.165, 1.54) is 29.3 Å². The molecule has 0 aliphatic heterocycles. The van der Waals surface area contributed by atoms with Gasteiger partial charge in [-0.25, -0.2) is 9.18 Å². The number of benzene rings is 1. The average Bonchev–Trinajstić information content (AvgIpc) is 3.41. The number of halogens is 2. The van der Waals surface area contributed by atoms with Crippen LogP contribution in [0.3, 0.4) is 0 Å². The van der Waals surface area contributed by atoms with Crippen LogP contribution in [0.2, 0.25) is 5.02 Å². The Morgan fingerprint density at radius 2 is 2.23 bits per heavy atom. The highest BCUT2D eigenvalue weighted by molar-refractivity contribution is 6.31. The van der Waals surface area contributed by atoms with Crippen LogP contribution in [0.5, 0.6) is 5.88 Å². The number of rotatable bonds is 4. The lowest BCUT2D eigenvalue weighted by molar-refractivity contribution is 0.101. The van der Waals surface area contributed by atoms with E-state index in [0.29, 0.717) is 24.2 Å². The van der Waals surface area contributed by atoms with E-state index < -0.39 is 11.9 Å². The minimum absolute atomic E-state index is 0.0720. The summed E-state index contributed by atoms with van der Waals surface area (Å²) < 4.78 is 20.3. The molecule has 11 heteroatoms. The van der Waals surface area contributed by atoms with Crippen molar-refractivity contribution in [2.45, 2.75) is 18.9 Å². The van der Waals surface area contributed by atoms with Crippen molar-refractivity contribution in [1.29, 1.82) is 0 Å². The van der Waals surface area contributed by atoms with E-state index in [4.69, 9.17) is 16.3 Å². The SMILES string of the molecule is CN(C(=O)Oc1cn[nH]n1)C1CCc2c1cn(C)c2C(=O)Nc1ccc(F)c(Cl)c1. The van der Waals surface area contributed by atoms with Crippen molar-refractivity contribution in [3.63, 3.8) is 0 Å². The minimum Gasteiger partial charge on any atom is -0.388 e. The monoisotopic (exact) mass is 432 g/mol. The number of ether oxygens (including phenoxy) is 1. The summed E-state index contributed by atoms with van der Waals surface area (Å²) in [7, 11) is 3.39. The van der Waals surface area contributed by atoms with Crippen LogP contribution in [0.25, 0.3) is 0 Å². The highest BCUT2D eigenvalue weighted by Crippen LogP contribution is 2.38. The zero-order chi connectivity index (χ0) is 21.4. The fourth-order valence-corrected chi connectivity index (χ4v) is 3.86. The first-order valence-electron chi connectivity index (χ1n) is 9.10. The molecule has 0 spiro atoms. The Labute approximate surface area is 175 Å². The molecule has 2 aromatic heterocycles. The zero-order valence-electron chi connectivity index (χ0n) is 16.1. The molecule has 156 valence electrons. The second-order valence-corrected chi connectivity index (χ2v) is 7.35. The van der Waals surface area contributed by atoms with Gasteiger partial charge in [-0.05, 0) is 42.2 Å². The van der Waals surface area contributed by atoms with E-state index in [1.54, 1.807) is 18.7 Å². The quantitative estimate of drug-likeness (QED) is 0.658. The lowest BCUT2D eigenvalue weighted by Gasteiger charge is -2.23. The first-order valence-corrected chi connectivity index (χ1v) is 9.48. The van der Waals surface area contributed by atoms with Crippen molar-refractivity contribution in [3.8, 4) is 5.88 Å². The standard InChI is InChI=1S/C19H18ClFN6O3/c1-26-9-12-11(17(26)18(28)23-10-3-5-14(21)13(20)7-10)4-6-15(12)27(2)19(29)30-16-8-22-25-24-16/h3,5,7-9,15H,4,6H2,1-2H3,(H,23,28)(H,22,24,25). The number of carbonyl (C=O) groups is 2. The maximum absolute atomic E-state index is 13.4. The maximum Gasteiger partial charge on any atom is 0.416 e. The van der Waals surface area contributed by atoms with E-state index in [-0.39, 0.29) is 22.9 Å². The Kier molecular flexibility index (Phi) is 5.17. The van der Waals surface area contributed by atoms with Gasteiger partial charge in [-0.15, -0.1) is 5.10 Å². The minimum atomic E-state index is -0.572. The lowest BCUT2D eigenvalue weighted by Crippen LogP contribution is -2.32. The van der Waals surface area contributed by atoms with Crippen molar-refractivity contribution in [3.05, 3.63) is 58.3 Å². The molecule has 4 rings (SSSR count). The normalized spacial score (nSPS) is 15.0. The molecule has 2 amide bonds. The first-order chi connectivity index (χ1) is 14.3. The van der Waals surface area contributed by atoms with Gasteiger partial charge >= 0.3 is 6.09 Å². The average molecular weight is 433 g/mol. The molecular weight excluding hydrogens is 415 g/mol.